The standard InChI is InChI=1S/C15H20F2N2O2/c1-15(2)7-4-8-18-12(15)13(20)19-10-5-3-6-11(9-10)21-14(16)17/h3,5-6,9,12,14,18H,4,7-8H2,1-2H3,(H,19,20). The van der Waals surface area contributed by atoms with Crippen LogP contribution < -0.4 is 15.4 Å². The van der Waals surface area contributed by atoms with Gasteiger partial charge in [-0.25, -0.2) is 0 Å². The van der Waals surface area contributed by atoms with Crippen LogP contribution in [0.3, 0.4) is 0 Å². The lowest BCUT2D eigenvalue weighted by Crippen LogP contribution is -2.53. The molecule has 1 atom stereocenters. The summed E-state index contributed by atoms with van der Waals surface area (Å²) in [6.45, 7) is 2.00. The minimum absolute atomic E-state index is 0.0265. The van der Waals surface area contributed by atoms with Crippen molar-refractivity contribution in [1.29, 1.82) is 0 Å². The van der Waals surface area contributed by atoms with Crippen LogP contribution in [0.4, 0.5) is 14.5 Å². The molecule has 2 rings (SSSR count). The molecule has 1 aliphatic heterocycles. The third-order valence-corrected chi connectivity index (χ3v) is 3.72. The SMILES string of the molecule is CC1(C)CCCNC1C(=O)Nc1cccc(OC(F)F)c1. The molecule has 116 valence electrons. The van der Waals surface area contributed by atoms with Gasteiger partial charge in [-0.2, -0.15) is 8.78 Å². The van der Waals surface area contributed by atoms with E-state index >= 15 is 0 Å². The predicted molar refractivity (Wildman–Crippen MR) is 76.5 cm³/mol. The summed E-state index contributed by atoms with van der Waals surface area (Å²) in [6.07, 6.45) is 2.00. The van der Waals surface area contributed by atoms with Gasteiger partial charge in [0.15, 0.2) is 0 Å². The van der Waals surface area contributed by atoms with Crippen LogP contribution >= 0.6 is 0 Å². The molecule has 1 heterocycles. The summed E-state index contributed by atoms with van der Waals surface area (Å²) in [6, 6.07) is 5.72. The quantitative estimate of drug-likeness (QED) is 0.898. The van der Waals surface area contributed by atoms with E-state index in [2.05, 4.69) is 15.4 Å². The number of hydrogen-bond acceptors (Lipinski definition) is 3. The van der Waals surface area contributed by atoms with Crippen molar-refractivity contribution in [2.45, 2.75) is 39.3 Å². The molecule has 0 bridgehead atoms. The second kappa shape index (κ2) is 6.39. The first kappa shape index (κ1) is 15.7. The van der Waals surface area contributed by atoms with Crippen molar-refractivity contribution >= 4 is 11.6 Å². The fraction of sp³-hybridized carbons (Fsp3) is 0.533. The zero-order valence-electron chi connectivity index (χ0n) is 12.2. The molecule has 4 nitrogen and oxygen atoms in total. The van der Waals surface area contributed by atoms with E-state index in [-0.39, 0.29) is 23.1 Å². The molecule has 1 fully saturated rings. The lowest BCUT2D eigenvalue weighted by atomic mass is 9.77. The molecule has 1 aromatic rings. The highest BCUT2D eigenvalue weighted by molar-refractivity contribution is 5.95. The van der Waals surface area contributed by atoms with Gasteiger partial charge in [0.25, 0.3) is 0 Å². The van der Waals surface area contributed by atoms with Crippen molar-refractivity contribution in [2.75, 3.05) is 11.9 Å². The second-order valence-corrected chi connectivity index (χ2v) is 5.87. The molecule has 0 spiro atoms. The number of carbonyl (C=O) groups is 1. The van der Waals surface area contributed by atoms with Crippen LogP contribution in [0.25, 0.3) is 0 Å². The first-order valence-corrected chi connectivity index (χ1v) is 6.97. The molecule has 21 heavy (non-hydrogen) atoms. The summed E-state index contributed by atoms with van der Waals surface area (Å²) in [7, 11) is 0. The lowest BCUT2D eigenvalue weighted by molar-refractivity contribution is -0.121. The number of alkyl halides is 2. The van der Waals surface area contributed by atoms with Gasteiger partial charge >= 0.3 is 6.61 Å². The molecule has 0 saturated carbocycles. The molecular formula is C15H20F2N2O2. The van der Waals surface area contributed by atoms with Crippen LogP contribution in [0.1, 0.15) is 26.7 Å². The fourth-order valence-corrected chi connectivity index (χ4v) is 2.62. The molecule has 1 unspecified atom stereocenters. The number of halogens is 2. The first-order valence-electron chi connectivity index (χ1n) is 6.97. The van der Waals surface area contributed by atoms with Gasteiger partial charge in [0, 0.05) is 11.8 Å². The Bertz CT molecular complexity index is 506. The Morgan fingerprint density at radius 2 is 2.24 bits per heavy atom. The number of rotatable bonds is 4. The van der Waals surface area contributed by atoms with Gasteiger partial charge in [-0.1, -0.05) is 19.9 Å². The van der Waals surface area contributed by atoms with Crippen molar-refractivity contribution in [3.8, 4) is 5.75 Å². The van der Waals surface area contributed by atoms with Gasteiger partial charge in [0.2, 0.25) is 5.91 Å². The third kappa shape index (κ3) is 4.14. The second-order valence-electron chi connectivity index (χ2n) is 5.87. The number of piperidine rings is 1. The highest BCUT2D eigenvalue weighted by atomic mass is 19.3. The number of hydrogen-bond donors (Lipinski definition) is 2. The van der Waals surface area contributed by atoms with Crippen molar-refractivity contribution in [3.05, 3.63) is 24.3 Å². The minimum atomic E-state index is -2.88. The summed E-state index contributed by atoms with van der Waals surface area (Å²) in [4.78, 5) is 12.4. The molecule has 1 amide bonds. The Labute approximate surface area is 122 Å². The minimum Gasteiger partial charge on any atom is -0.435 e. The topological polar surface area (TPSA) is 50.4 Å². The molecule has 1 saturated heterocycles. The van der Waals surface area contributed by atoms with Crippen molar-refractivity contribution in [1.82, 2.24) is 5.32 Å². The van der Waals surface area contributed by atoms with Gasteiger partial charge in [0.1, 0.15) is 5.75 Å². The third-order valence-electron chi connectivity index (χ3n) is 3.72. The molecular weight excluding hydrogens is 278 g/mol. The van der Waals surface area contributed by atoms with Gasteiger partial charge in [0.05, 0.1) is 6.04 Å². The number of anilines is 1. The molecule has 1 aromatic carbocycles. The summed E-state index contributed by atoms with van der Waals surface area (Å²) < 4.78 is 28.7. The normalized spacial score (nSPS) is 21.1. The van der Waals surface area contributed by atoms with Crippen molar-refractivity contribution < 1.29 is 18.3 Å². The van der Waals surface area contributed by atoms with Crippen molar-refractivity contribution in [3.63, 3.8) is 0 Å². The number of amides is 1. The van der Waals surface area contributed by atoms with Crippen LogP contribution in [-0.2, 0) is 4.79 Å². The zero-order chi connectivity index (χ0) is 15.5. The number of benzene rings is 1. The monoisotopic (exact) mass is 298 g/mol. The van der Waals surface area contributed by atoms with Gasteiger partial charge in [-0.3, -0.25) is 4.79 Å². The highest BCUT2D eigenvalue weighted by Crippen LogP contribution is 2.31. The smallest absolute Gasteiger partial charge is 0.387 e. The predicted octanol–water partition coefficient (Wildman–Crippen LogP) is 3.00. The van der Waals surface area contributed by atoms with Crippen LogP contribution in [-0.4, -0.2) is 25.1 Å². The molecule has 6 heteroatoms. The van der Waals surface area contributed by atoms with Crippen LogP contribution in [0, 0.1) is 5.41 Å². The molecule has 1 aliphatic rings. The molecule has 2 N–H and O–H groups in total. The van der Waals surface area contributed by atoms with E-state index < -0.39 is 6.61 Å². The van der Waals surface area contributed by atoms with E-state index in [9.17, 15) is 13.6 Å². The summed E-state index contributed by atoms with van der Waals surface area (Å²) in [5.41, 5.74) is 0.306. The maximum atomic E-state index is 12.4. The summed E-state index contributed by atoms with van der Waals surface area (Å²) in [5.74, 6) is -0.132. The fourth-order valence-electron chi connectivity index (χ4n) is 2.62. The van der Waals surface area contributed by atoms with Gasteiger partial charge in [-0.05, 0) is 36.9 Å². The maximum absolute atomic E-state index is 12.4. The van der Waals surface area contributed by atoms with Gasteiger partial charge in [-0.15, -0.1) is 0 Å². The van der Waals surface area contributed by atoms with E-state index in [4.69, 9.17) is 0 Å². The Kier molecular flexibility index (Phi) is 4.77. The maximum Gasteiger partial charge on any atom is 0.387 e. The van der Waals surface area contributed by atoms with Gasteiger partial charge < -0.3 is 15.4 Å². The van der Waals surface area contributed by atoms with E-state index in [0.717, 1.165) is 19.4 Å². The lowest BCUT2D eigenvalue weighted by Gasteiger charge is -2.38. The van der Waals surface area contributed by atoms with Crippen LogP contribution in [0.5, 0.6) is 5.75 Å². The van der Waals surface area contributed by atoms with Crippen LogP contribution in [0.15, 0.2) is 24.3 Å². The summed E-state index contributed by atoms with van der Waals surface area (Å²) >= 11 is 0. The Morgan fingerprint density at radius 3 is 2.90 bits per heavy atom. The number of nitrogens with one attached hydrogen (secondary N) is 2. The first-order chi connectivity index (χ1) is 9.88. The van der Waals surface area contributed by atoms with Crippen molar-refractivity contribution in [2.24, 2.45) is 5.41 Å². The molecule has 0 radical (unpaired) electrons. The van der Waals surface area contributed by atoms with E-state index in [0.29, 0.717) is 5.69 Å². The Hall–Kier alpha value is -1.69. The van der Waals surface area contributed by atoms with E-state index in [1.54, 1.807) is 12.1 Å². The van der Waals surface area contributed by atoms with E-state index in [1.165, 1.54) is 12.1 Å². The molecule has 0 aromatic heterocycles. The Morgan fingerprint density at radius 1 is 1.48 bits per heavy atom. The summed E-state index contributed by atoms with van der Waals surface area (Å²) in [5, 5.41) is 5.97. The highest BCUT2D eigenvalue weighted by Gasteiger charge is 2.37. The average molecular weight is 298 g/mol. The average Bonchev–Trinajstić information content (AvgIpc) is 2.37. The molecule has 0 aliphatic carbocycles. The largest absolute Gasteiger partial charge is 0.435 e. The Balaban J connectivity index is 2.05. The zero-order valence-corrected chi connectivity index (χ0v) is 12.2. The number of carbonyl (C=O) groups excluding carboxylic acids is 1. The number of ether oxygens (including phenoxy) is 1. The van der Waals surface area contributed by atoms with E-state index in [1.807, 2.05) is 13.8 Å². The van der Waals surface area contributed by atoms with Crippen LogP contribution in [0.2, 0.25) is 0 Å².